The first-order valence-corrected chi connectivity index (χ1v) is 11.9. The predicted molar refractivity (Wildman–Crippen MR) is 138 cm³/mol. The van der Waals surface area contributed by atoms with Gasteiger partial charge in [0, 0.05) is 37.3 Å². The number of methoxy groups -OCH3 is 3. The maximum absolute atomic E-state index is 6.31. The number of nitrogens with one attached hydrogen (secondary N) is 1. The zero-order chi connectivity index (χ0) is 25.1. The molecule has 0 bridgehead atoms. The molecule has 10 heteroatoms. The number of benzene rings is 2. The minimum absolute atomic E-state index is 0.210. The molecule has 2 aromatic carbocycles. The summed E-state index contributed by atoms with van der Waals surface area (Å²) in [6, 6.07) is 14.1. The molecule has 9 nitrogen and oxygen atoms in total. The monoisotopic (exact) mass is 506 g/mol. The second-order valence-electron chi connectivity index (χ2n) is 8.39. The fourth-order valence-electron chi connectivity index (χ4n) is 4.40. The van der Waals surface area contributed by atoms with Crippen LogP contribution in [0.3, 0.4) is 0 Å². The number of ether oxygens (including phenoxy) is 3. The normalized spacial score (nSPS) is 13.2. The van der Waals surface area contributed by atoms with Crippen LogP contribution in [0.2, 0.25) is 5.28 Å². The Balaban J connectivity index is 1.37. The molecule has 4 aromatic rings. The van der Waals surface area contributed by atoms with E-state index in [0.717, 1.165) is 36.5 Å². The van der Waals surface area contributed by atoms with Crippen molar-refractivity contribution in [2.75, 3.05) is 33.2 Å². The molecule has 1 N–H and O–H groups in total. The number of hydrogen-bond donors (Lipinski definition) is 1. The number of imidazole rings is 1. The highest BCUT2D eigenvalue weighted by Gasteiger charge is 2.23. The topological polar surface area (TPSA) is 86.6 Å². The molecule has 0 saturated carbocycles. The molecule has 186 valence electrons. The molecule has 0 fully saturated rings. The van der Waals surface area contributed by atoms with Crippen LogP contribution >= 0.6 is 11.6 Å². The average molecular weight is 507 g/mol. The smallest absolute Gasteiger partial charge is 0.224 e. The van der Waals surface area contributed by atoms with Gasteiger partial charge >= 0.3 is 0 Å². The van der Waals surface area contributed by atoms with Gasteiger partial charge in [-0.05, 0) is 23.6 Å². The molecule has 0 aliphatic carbocycles. The average Bonchev–Trinajstić information content (AvgIpc) is 3.36. The molecule has 3 heterocycles. The molecule has 0 spiro atoms. The lowest BCUT2D eigenvalue weighted by molar-refractivity contribution is 0.241. The van der Waals surface area contributed by atoms with Gasteiger partial charge < -0.3 is 24.1 Å². The van der Waals surface area contributed by atoms with Gasteiger partial charge in [0.15, 0.2) is 11.5 Å². The first-order valence-electron chi connectivity index (χ1n) is 11.5. The van der Waals surface area contributed by atoms with Crippen molar-refractivity contribution >= 4 is 23.2 Å². The summed E-state index contributed by atoms with van der Waals surface area (Å²) >= 11 is 6.31. The van der Waals surface area contributed by atoms with Gasteiger partial charge in [-0.2, -0.15) is 0 Å². The van der Waals surface area contributed by atoms with Gasteiger partial charge in [0.05, 0.1) is 38.9 Å². The maximum Gasteiger partial charge on any atom is 0.224 e. The Labute approximate surface area is 214 Å². The van der Waals surface area contributed by atoms with Gasteiger partial charge in [0.2, 0.25) is 11.0 Å². The summed E-state index contributed by atoms with van der Waals surface area (Å²) in [6.45, 7) is 2.48. The van der Waals surface area contributed by atoms with Crippen LogP contribution < -0.4 is 19.5 Å². The van der Waals surface area contributed by atoms with E-state index in [4.69, 9.17) is 25.8 Å². The molecule has 1 aliphatic rings. The molecule has 0 saturated heterocycles. The van der Waals surface area contributed by atoms with E-state index in [-0.39, 0.29) is 5.28 Å². The zero-order valence-electron chi connectivity index (χ0n) is 20.4. The molecular formula is C26H27ClN6O3. The van der Waals surface area contributed by atoms with E-state index in [9.17, 15) is 0 Å². The van der Waals surface area contributed by atoms with E-state index in [2.05, 4.69) is 49.4 Å². The van der Waals surface area contributed by atoms with Crippen molar-refractivity contribution < 1.29 is 14.2 Å². The maximum atomic E-state index is 6.31. The second kappa shape index (κ2) is 10.4. The number of halogens is 1. The minimum Gasteiger partial charge on any atom is -0.493 e. The largest absolute Gasteiger partial charge is 0.493 e. The van der Waals surface area contributed by atoms with Crippen LogP contribution in [0.25, 0.3) is 5.69 Å². The third kappa shape index (κ3) is 4.93. The van der Waals surface area contributed by atoms with Gasteiger partial charge in [0.1, 0.15) is 18.0 Å². The molecule has 0 atom stereocenters. The summed E-state index contributed by atoms with van der Waals surface area (Å²) < 4.78 is 18.2. The van der Waals surface area contributed by atoms with Crippen LogP contribution in [0.4, 0.5) is 11.6 Å². The molecule has 0 unspecified atom stereocenters. The number of fused-ring (bicyclic) bond motifs is 1. The summed E-state index contributed by atoms with van der Waals surface area (Å²) in [5.74, 6) is 2.97. The van der Waals surface area contributed by atoms with Crippen molar-refractivity contribution in [3.8, 4) is 22.9 Å². The van der Waals surface area contributed by atoms with E-state index >= 15 is 0 Å². The van der Waals surface area contributed by atoms with Crippen molar-refractivity contribution in [2.45, 2.75) is 19.5 Å². The second-order valence-corrected chi connectivity index (χ2v) is 8.73. The van der Waals surface area contributed by atoms with Crippen LogP contribution in [0.5, 0.6) is 17.2 Å². The number of anilines is 2. The fourth-order valence-corrected chi connectivity index (χ4v) is 4.59. The van der Waals surface area contributed by atoms with Gasteiger partial charge in [-0.3, -0.25) is 4.90 Å². The van der Waals surface area contributed by atoms with Crippen molar-refractivity contribution in [3.05, 3.63) is 77.1 Å². The van der Waals surface area contributed by atoms with Crippen LogP contribution in [0, 0.1) is 0 Å². The molecule has 36 heavy (non-hydrogen) atoms. The van der Waals surface area contributed by atoms with E-state index in [1.165, 1.54) is 5.56 Å². The summed E-state index contributed by atoms with van der Waals surface area (Å²) in [7, 11) is 4.75. The summed E-state index contributed by atoms with van der Waals surface area (Å²) in [5, 5.41) is 3.54. The molecule has 0 radical (unpaired) electrons. The van der Waals surface area contributed by atoms with E-state index < -0.39 is 0 Å². The van der Waals surface area contributed by atoms with E-state index in [1.54, 1.807) is 27.7 Å². The predicted octanol–water partition coefficient (Wildman–Crippen LogP) is 4.64. The summed E-state index contributed by atoms with van der Waals surface area (Å²) in [4.78, 5) is 15.9. The Kier molecular flexibility index (Phi) is 6.92. The Morgan fingerprint density at radius 2 is 1.75 bits per heavy atom. The molecule has 0 amide bonds. The van der Waals surface area contributed by atoms with Crippen LogP contribution in [0.1, 0.15) is 16.8 Å². The van der Waals surface area contributed by atoms with Gasteiger partial charge in [-0.25, -0.2) is 15.0 Å². The zero-order valence-corrected chi connectivity index (χ0v) is 21.1. The van der Waals surface area contributed by atoms with Gasteiger partial charge in [0.25, 0.3) is 0 Å². The minimum atomic E-state index is 0.210. The first kappa shape index (κ1) is 23.9. The number of hydrogen-bond acceptors (Lipinski definition) is 8. The third-order valence-electron chi connectivity index (χ3n) is 6.14. The summed E-state index contributed by atoms with van der Waals surface area (Å²) in [5.41, 5.74) is 4.08. The standard InChI is InChI=1S/C26H27ClN6O3/c1-34-21-11-18(12-22(35-2)24(21)36-3)33-15-23(28-16-33)30-25-19-9-10-32(13-17-7-5-4-6-8-17)14-20(19)29-26(27)31-25/h4-8,11-12,15-16H,9-10,13-14H2,1-3H3,(H,29,30,31). The van der Waals surface area contributed by atoms with Crippen LogP contribution in [-0.4, -0.2) is 52.3 Å². The van der Waals surface area contributed by atoms with Crippen molar-refractivity contribution in [1.82, 2.24) is 24.4 Å². The Morgan fingerprint density at radius 3 is 2.44 bits per heavy atom. The molecule has 5 rings (SSSR count). The summed E-state index contributed by atoms with van der Waals surface area (Å²) in [6.07, 6.45) is 4.39. The Hall–Kier alpha value is -3.82. The van der Waals surface area contributed by atoms with E-state index in [0.29, 0.717) is 35.4 Å². The SMILES string of the molecule is COc1cc(-n2cnc(Nc3nc(Cl)nc4c3CCN(Cc3ccccc3)C4)c2)cc(OC)c1OC. The van der Waals surface area contributed by atoms with Crippen molar-refractivity contribution in [1.29, 1.82) is 0 Å². The highest BCUT2D eigenvalue weighted by molar-refractivity contribution is 6.28. The van der Waals surface area contributed by atoms with E-state index in [1.807, 2.05) is 29.0 Å². The Bertz CT molecular complexity index is 1340. The molecule has 1 aliphatic heterocycles. The van der Waals surface area contributed by atoms with Crippen molar-refractivity contribution in [2.24, 2.45) is 0 Å². The van der Waals surface area contributed by atoms with Crippen LogP contribution in [-0.2, 0) is 19.5 Å². The number of rotatable bonds is 8. The first-order chi connectivity index (χ1) is 17.6. The Morgan fingerprint density at radius 1 is 1.00 bits per heavy atom. The van der Waals surface area contributed by atoms with Crippen molar-refractivity contribution in [3.63, 3.8) is 0 Å². The molecule has 2 aromatic heterocycles. The van der Waals surface area contributed by atoms with Crippen LogP contribution in [0.15, 0.2) is 55.0 Å². The lowest BCUT2D eigenvalue weighted by atomic mass is 10.0. The van der Waals surface area contributed by atoms with Gasteiger partial charge in [-0.1, -0.05) is 30.3 Å². The highest BCUT2D eigenvalue weighted by Crippen LogP contribution is 2.39. The molecular weight excluding hydrogens is 480 g/mol. The number of nitrogens with zero attached hydrogens (tertiary/aromatic N) is 5. The fraction of sp³-hybridized carbons (Fsp3) is 0.269. The number of aromatic nitrogens is 4. The lowest BCUT2D eigenvalue weighted by Crippen LogP contribution is -2.31. The van der Waals surface area contributed by atoms with Gasteiger partial charge in [-0.15, -0.1) is 0 Å². The quantitative estimate of drug-likeness (QED) is 0.346. The lowest BCUT2D eigenvalue weighted by Gasteiger charge is -2.29. The third-order valence-corrected chi connectivity index (χ3v) is 6.31. The highest BCUT2D eigenvalue weighted by atomic mass is 35.5.